The number of para-hydroxylation sites is 1. The van der Waals surface area contributed by atoms with Crippen molar-refractivity contribution >= 4 is 34.8 Å². The van der Waals surface area contributed by atoms with E-state index in [9.17, 15) is 4.79 Å². The number of hydrogen-bond acceptors (Lipinski definition) is 2. The molecule has 1 aromatic rings. The molecule has 1 amide bonds. The van der Waals surface area contributed by atoms with Gasteiger partial charge < -0.3 is 10.1 Å². The van der Waals surface area contributed by atoms with Gasteiger partial charge in [-0.05, 0) is 12.1 Å². The largest absolute Gasteiger partial charge is 0.375 e. The Morgan fingerprint density at radius 2 is 2.00 bits per heavy atom. The molecule has 0 aliphatic rings. The van der Waals surface area contributed by atoms with Crippen molar-refractivity contribution in [2.24, 2.45) is 0 Å². The van der Waals surface area contributed by atoms with Crippen molar-refractivity contribution in [1.82, 2.24) is 0 Å². The van der Waals surface area contributed by atoms with E-state index in [1.165, 1.54) is 7.11 Å². The number of nitrogens with one attached hydrogen (secondary N) is 1. The fraction of sp³-hybridized carbons (Fsp3) is 0.222. The fourth-order valence-corrected chi connectivity index (χ4v) is 1.42. The van der Waals surface area contributed by atoms with Gasteiger partial charge in [-0.2, -0.15) is 0 Å². The molecule has 0 fully saturated rings. The Hall–Kier alpha value is -0.770. The molecule has 1 rings (SSSR count). The van der Waals surface area contributed by atoms with Gasteiger partial charge in [0.15, 0.2) is 0 Å². The number of halogens is 2. The van der Waals surface area contributed by atoms with E-state index >= 15 is 0 Å². The summed E-state index contributed by atoms with van der Waals surface area (Å²) in [6, 6.07) is 5.00. The third-order valence-electron chi connectivity index (χ3n) is 1.50. The predicted octanol–water partition coefficient (Wildman–Crippen LogP) is 2.58. The van der Waals surface area contributed by atoms with E-state index in [2.05, 4.69) is 10.1 Å². The van der Waals surface area contributed by atoms with Crippen molar-refractivity contribution < 1.29 is 9.53 Å². The van der Waals surface area contributed by atoms with Crippen LogP contribution in [0.5, 0.6) is 0 Å². The quantitative estimate of drug-likeness (QED) is 0.872. The average molecular weight is 234 g/mol. The topological polar surface area (TPSA) is 38.3 Å². The molecule has 0 unspecified atom stereocenters. The highest BCUT2D eigenvalue weighted by atomic mass is 35.5. The molecule has 14 heavy (non-hydrogen) atoms. The van der Waals surface area contributed by atoms with Crippen molar-refractivity contribution in [2.75, 3.05) is 19.0 Å². The zero-order valence-corrected chi connectivity index (χ0v) is 9.02. The van der Waals surface area contributed by atoms with Crippen LogP contribution in [0.15, 0.2) is 18.2 Å². The SMILES string of the molecule is COCC(=O)Nc1c(Cl)cccc1Cl. The average Bonchev–Trinajstić information content (AvgIpc) is 2.12. The molecule has 1 aromatic carbocycles. The molecule has 0 radical (unpaired) electrons. The third-order valence-corrected chi connectivity index (χ3v) is 2.13. The molecule has 0 spiro atoms. The highest BCUT2D eigenvalue weighted by Crippen LogP contribution is 2.29. The molecule has 0 aromatic heterocycles. The number of carbonyl (C=O) groups excluding carboxylic acids is 1. The van der Waals surface area contributed by atoms with Crippen molar-refractivity contribution in [1.29, 1.82) is 0 Å². The summed E-state index contributed by atoms with van der Waals surface area (Å²) in [5.74, 6) is -0.289. The molecule has 76 valence electrons. The molecule has 0 aliphatic heterocycles. The molecule has 0 saturated carbocycles. The van der Waals surface area contributed by atoms with Crippen LogP contribution in [0.1, 0.15) is 0 Å². The Labute approximate surface area is 92.0 Å². The minimum atomic E-state index is -0.289. The number of anilines is 1. The summed E-state index contributed by atoms with van der Waals surface area (Å²) in [6.07, 6.45) is 0. The highest BCUT2D eigenvalue weighted by molar-refractivity contribution is 6.39. The van der Waals surface area contributed by atoms with E-state index in [1.54, 1.807) is 18.2 Å². The van der Waals surface area contributed by atoms with Gasteiger partial charge in [0.1, 0.15) is 6.61 Å². The molecule has 5 heteroatoms. The van der Waals surface area contributed by atoms with Gasteiger partial charge in [0.2, 0.25) is 5.91 Å². The Bertz CT molecular complexity index is 321. The second-order valence-electron chi connectivity index (χ2n) is 2.58. The van der Waals surface area contributed by atoms with Gasteiger partial charge in [-0.3, -0.25) is 4.79 Å². The van der Waals surface area contributed by atoms with Crippen LogP contribution in [0.4, 0.5) is 5.69 Å². The number of carbonyl (C=O) groups is 1. The first-order chi connectivity index (χ1) is 6.65. The normalized spacial score (nSPS) is 9.93. The standard InChI is InChI=1S/C9H9Cl2NO2/c1-14-5-8(13)12-9-6(10)3-2-4-7(9)11/h2-4H,5H2,1H3,(H,12,13). The van der Waals surface area contributed by atoms with Crippen LogP contribution in [-0.4, -0.2) is 19.6 Å². The first kappa shape index (κ1) is 11.3. The third kappa shape index (κ3) is 2.87. The number of amides is 1. The zero-order chi connectivity index (χ0) is 10.6. The second kappa shape index (κ2) is 5.20. The molecule has 1 N–H and O–H groups in total. The van der Waals surface area contributed by atoms with E-state index in [1.807, 2.05) is 0 Å². The summed E-state index contributed by atoms with van der Waals surface area (Å²) in [5.41, 5.74) is 0.415. The van der Waals surface area contributed by atoms with Gasteiger partial charge in [0.25, 0.3) is 0 Å². The monoisotopic (exact) mass is 233 g/mol. The number of rotatable bonds is 3. The second-order valence-corrected chi connectivity index (χ2v) is 3.39. The van der Waals surface area contributed by atoms with Crippen molar-refractivity contribution in [3.8, 4) is 0 Å². The molecule has 0 atom stereocenters. The maximum absolute atomic E-state index is 11.2. The summed E-state index contributed by atoms with van der Waals surface area (Å²) >= 11 is 11.7. The van der Waals surface area contributed by atoms with E-state index in [-0.39, 0.29) is 12.5 Å². The lowest BCUT2D eigenvalue weighted by Gasteiger charge is -2.07. The van der Waals surface area contributed by atoms with Gasteiger partial charge in [-0.25, -0.2) is 0 Å². The maximum Gasteiger partial charge on any atom is 0.250 e. The summed E-state index contributed by atoms with van der Waals surface area (Å²) in [5, 5.41) is 3.36. The molecular weight excluding hydrogens is 225 g/mol. The number of methoxy groups -OCH3 is 1. The summed E-state index contributed by atoms with van der Waals surface area (Å²) in [6.45, 7) is -0.0262. The van der Waals surface area contributed by atoms with Gasteiger partial charge in [0, 0.05) is 7.11 Å². The van der Waals surface area contributed by atoms with Crippen LogP contribution < -0.4 is 5.32 Å². The van der Waals surface area contributed by atoms with Gasteiger partial charge in [0.05, 0.1) is 15.7 Å². The molecule has 3 nitrogen and oxygen atoms in total. The Balaban J connectivity index is 2.80. The minimum Gasteiger partial charge on any atom is -0.375 e. The van der Waals surface area contributed by atoms with Crippen LogP contribution in [0.2, 0.25) is 10.0 Å². The lowest BCUT2D eigenvalue weighted by molar-refractivity contribution is -0.119. The van der Waals surface area contributed by atoms with E-state index in [4.69, 9.17) is 23.2 Å². The zero-order valence-electron chi connectivity index (χ0n) is 7.51. The Morgan fingerprint density at radius 1 is 1.43 bits per heavy atom. The Kier molecular flexibility index (Phi) is 4.20. The molecule has 0 bridgehead atoms. The van der Waals surface area contributed by atoms with E-state index in [0.29, 0.717) is 15.7 Å². The Morgan fingerprint density at radius 3 is 2.50 bits per heavy atom. The minimum absolute atomic E-state index is 0.0262. The maximum atomic E-state index is 11.2. The van der Waals surface area contributed by atoms with Crippen LogP contribution in [0, 0.1) is 0 Å². The predicted molar refractivity (Wildman–Crippen MR) is 57.0 cm³/mol. The van der Waals surface area contributed by atoms with Crippen molar-refractivity contribution in [3.05, 3.63) is 28.2 Å². The van der Waals surface area contributed by atoms with E-state index < -0.39 is 0 Å². The van der Waals surface area contributed by atoms with Crippen LogP contribution in [0.25, 0.3) is 0 Å². The molecule has 0 saturated heterocycles. The van der Waals surface area contributed by atoms with E-state index in [0.717, 1.165) is 0 Å². The van der Waals surface area contributed by atoms with Crippen molar-refractivity contribution in [2.45, 2.75) is 0 Å². The molecular formula is C9H9Cl2NO2. The lowest BCUT2D eigenvalue weighted by atomic mass is 10.3. The summed E-state index contributed by atoms with van der Waals surface area (Å²) in [4.78, 5) is 11.2. The first-order valence-corrected chi connectivity index (χ1v) is 4.63. The van der Waals surface area contributed by atoms with Crippen molar-refractivity contribution in [3.63, 3.8) is 0 Å². The summed E-state index contributed by atoms with van der Waals surface area (Å²) in [7, 11) is 1.44. The number of ether oxygens (including phenoxy) is 1. The lowest BCUT2D eigenvalue weighted by Crippen LogP contribution is -2.17. The number of benzene rings is 1. The van der Waals surface area contributed by atoms with Gasteiger partial charge in [-0.15, -0.1) is 0 Å². The van der Waals surface area contributed by atoms with Crippen LogP contribution >= 0.6 is 23.2 Å². The highest BCUT2D eigenvalue weighted by Gasteiger charge is 2.08. The fourth-order valence-electron chi connectivity index (χ4n) is 0.924. The summed E-state index contributed by atoms with van der Waals surface area (Å²) < 4.78 is 4.66. The molecule has 0 aliphatic carbocycles. The number of hydrogen-bond donors (Lipinski definition) is 1. The molecule has 0 heterocycles. The first-order valence-electron chi connectivity index (χ1n) is 3.88. The smallest absolute Gasteiger partial charge is 0.250 e. The van der Waals surface area contributed by atoms with Crippen LogP contribution in [-0.2, 0) is 9.53 Å². The van der Waals surface area contributed by atoms with Gasteiger partial charge >= 0.3 is 0 Å². The van der Waals surface area contributed by atoms with Gasteiger partial charge in [-0.1, -0.05) is 29.3 Å². The van der Waals surface area contributed by atoms with Crippen LogP contribution in [0.3, 0.4) is 0 Å².